The van der Waals surface area contributed by atoms with Crippen LogP contribution in [0.1, 0.15) is 62.7 Å². The molecule has 1 saturated heterocycles. The Kier molecular flexibility index (Phi) is 3.75. The molecular weight excluding hydrogens is 244 g/mol. The van der Waals surface area contributed by atoms with Crippen molar-refractivity contribution in [2.75, 3.05) is 13.1 Å². The van der Waals surface area contributed by atoms with Crippen molar-refractivity contribution in [1.29, 1.82) is 0 Å². The van der Waals surface area contributed by atoms with Crippen molar-refractivity contribution in [1.82, 2.24) is 9.88 Å². The SMILES string of the molecule is Cc1nc(C(C)(C)C)c(C)c(C)c1CN1CC(C)(C)C1. The molecule has 1 aromatic rings. The summed E-state index contributed by atoms with van der Waals surface area (Å²) in [6.07, 6.45) is 0. The first-order chi connectivity index (χ1) is 9.01. The standard InChI is InChI=1S/C18H30N2/c1-12-13(2)16(17(4,5)6)19-14(3)15(12)9-20-10-18(7,8)11-20/h9-11H2,1-8H3. The van der Waals surface area contributed by atoms with E-state index in [1.807, 2.05) is 0 Å². The molecule has 1 aromatic heterocycles. The Bertz CT molecular complexity index is 513. The molecule has 1 aliphatic heterocycles. The Morgan fingerprint density at radius 3 is 2.05 bits per heavy atom. The summed E-state index contributed by atoms with van der Waals surface area (Å²) in [6, 6.07) is 0. The summed E-state index contributed by atoms with van der Waals surface area (Å²) in [7, 11) is 0. The van der Waals surface area contributed by atoms with Crippen molar-refractivity contribution >= 4 is 0 Å². The molecule has 0 aliphatic carbocycles. The monoisotopic (exact) mass is 274 g/mol. The van der Waals surface area contributed by atoms with Gasteiger partial charge in [-0.25, -0.2) is 0 Å². The summed E-state index contributed by atoms with van der Waals surface area (Å²) >= 11 is 0. The molecule has 0 saturated carbocycles. The fourth-order valence-electron chi connectivity index (χ4n) is 3.46. The Labute approximate surface area is 124 Å². The van der Waals surface area contributed by atoms with Crippen molar-refractivity contribution in [2.45, 2.75) is 67.3 Å². The quantitative estimate of drug-likeness (QED) is 0.805. The molecule has 0 atom stereocenters. The molecule has 1 fully saturated rings. The van der Waals surface area contributed by atoms with Crippen molar-refractivity contribution in [2.24, 2.45) is 5.41 Å². The fourth-order valence-corrected chi connectivity index (χ4v) is 3.46. The number of aryl methyl sites for hydroxylation is 1. The predicted octanol–water partition coefficient (Wildman–Crippen LogP) is 4.15. The van der Waals surface area contributed by atoms with E-state index in [-0.39, 0.29) is 5.41 Å². The second-order valence-electron chi connectivity index (χ2n) is 8.33. The zero-order valence-electron chi connectivity index (χ0n) is 14.5. The molecule has 2 rings (SSSR count). The van der Waals surface area contributed by atoms with Crippen LogP contribution in [0.3, 0.4) is 0 Å². The minimum atomic E-state index is 0.122. The maximum atomic E-state index is 4.93. The lowest BCUT2D eigenvalue weighted by Gasteiger charge is -2.46. The smallest absolute Gasteiger partial charge is 0.0492 e. The van der Waals surface area contributed by atoms with E-state index in [1.54, 1.807) is 0 Å². The van der Waals surface area contributed by atoms with E-state index in [2.05, 4.69) is 60.3 Å². The highest BCUT2D eigenvalue weighted by Crippen LogP contribution is 2.33. The van der Waals surface area contributed by atoms with E-state index in [0.717, 1.165) is 6.54 Å². The van der Waals surface area contributed by atoms with E-state index in [0.29, 0.717) is 5.41 Å². The molecule has 0 radical (unpaired) electrons. The van der Waals surface area contributed by atoms with Gasteiger partial charge in [-0.15, -0.1) is 0 Å². The summed E-state index contributed by atoms with van der Waals surface area (Å²) < 4.78 is 0. The molecule has 0 spiro atoms. The van der Waals surface area contributed by atoms with E-state index in [4.69, 9.17) is 4.98 Å². The Morgan fingerprint density at radius 2 is 1.60 bits per heavy atom. The topological polar surface area (TPSA) is 16.1 Å². The van der Waals surface area contributed by atoms with Crippen molar-refractivity contribution < 1.29 is 0 Å². The van der Waals surface area contributed by atoms with Gasteiger partial charge in [0.1, 0.15) is 0 Å². The molecule has 1 aliphatic rings. The molecule has 0 unspecified atom stereocenters. The van der Waals surface area contributed by atoms with Gasteiger partial charge in [0.25, 0.3) is 0 Å². The van der Waals surface area contributed by atoms with E-state index < -0.39 is 0 Å². The molecule has 2 heteroatoms. The molecule has 20 heavy (non-hydrogen) atoms. The van der Waals surface area contributed by atoms with Crippen molar-refractivity contribution in [3.8, 4) is 0 Å². The third-order valence-electron chi connectivity index (χ3n) is 4.48. The molecule has 0 aromatic carbocycles. The van der Waals surface area contributed by atoms with Gasteiger partial charge in [0.05, 0.1) is 0 Å². The largest absolute Gasteiger partial charge is 0.298 e. The number of pyridine rings is 1. The number of nitrogens with zero attached hydrogens (tertiary/aromatic N) is 2. The van der Waals surface area contributed by atoms with Crippen LogP contribution in [-0.2, 0) is 12.0 Å². The van der Waals surface area contributed by atoms with Gasteiger partial charge >= 0.3 is 0 Å². The number of hydrogen-bond donors (Lipinski definition) is 0. The summed E-state index contributed by atoms with van der Waals surface area (Å²) in [5.41, 5.74) is 7.32. The first-order valence-corrected chi connectivity index (χ1v) is 7.71. The highest BCUT2D eigenvalue weighted by Gasteiger charge is 2.34. The average Bonchev–Trinajstić information content (AvgIpc) is 2.25. The van der Waals surface area contributed by atoms with Crippen LogP contribution in [0.4, 0.5) is 0 Å². The van der Waals surface area contributed by atoms with Crippen molar-refractivity contribution in [3.05, 3.63) is 28.1 Å². The van der Waals surface area contributed by atoms with Crippen LogP contribution in [0.2, 0.25) is 0 Å². The van der Waals surface area contributed by atoms with Gasteiger partial charge in [-0.05, 0) is 42.9 Å². The van der Waals surface area contributed by atoms with Crippen LogP contribution in [0.15, 0.2) is 0 Å². The zero-order chi connectivity index (χ0) is 15.3. The summed E-state index contributed by atoms with van der Waals surface area (Å²) in [5.74, 6) is 0. The third kappa shape index (κ3) is 2.90. The normalized spacial score (nSPS) is 19.0. The fraction of sp³-hybridized carbons (Fsp3) is 0.722. The second kappa shape index (κ2) is 4.84. The van der Waals surface area contributed by atoms with Crippen LogP contribution in [0, 0.1) is 26.2 Å². The minimum Gasteiger partial charge on any atom is -0.298 e. The Morgan fingerprint density at radius 1 is 1.05 bits per heavy atom. The highest BCUT2D eigenvalue weighted by atomic mass is 15.2. The maximum Gasteiger partial charge on any atom is 0.0492 e. The highest BCUT2D eigenvalue weighted by molar-refractivity contribution is 5.41. The van der Waals surface area contributed by atoms with Crippen LogP contribution >= 0.6 is 0 Å². The van der Waals surface area contributed by atoms with Crippen LogP contribution in [0.25, 0.3) is 0 Å². The van der Waals surface area contributed by atoms with Crippen molar-refractivity contribution in [3.63, 3.8) is 0 Å². The van der Waals surface area contributed by atoms with Gasteiger partial charge in [0, 0.05) is 36.4 Å². The zero-order valence-corrected chi connectivity index (χ0v) is 14.5. The first kappa shape index (κ1) is 15.5. The van der Waals surface area contributed by atoms with Gasteiger partial charge in [-0.1, -0.05) is 34.6 Å². The lowest BCUT2D eigenvalue weighted by atomic mass is 9.83. The lowest BCUT2D eigenvalue weighted by molar-refractivity contribution is 0.0238. The molecule has 0 bridgehead atoms. The average molecular weight is 274 g/mol. The van der Waals surface area contributed by atoms with Gasteiger partial charge in [-0.3, -0.25) is 9.88 Å². The third-order valence-corrected chi connectivity index (χ3v) is 4.48. The summed E-state index contributed by atoms with van der Waals surface area (Å²) in [6.45, 7) is 21.5. The van der Waals surface area contributed by atoms with Gasteiger partial charge < -0.3 is 0 Å². The Hall–Kier alpha value is -0.890. The van der Waals surface area contributed by atoms with Crippen LogP contribution in [0.5, 0.6) is 0 Å². The number of hydrogen-bond acceptors (Lipinski definition) is 2. The summed E-state index contributed by atoms with van der Waals surface area (Å²) in [4.78, 5) is 7.46. The minimum absolute atomic E-state index is 0.122. The molecule has 2 heterocycles. The van der Waals surface area contributed by atoms with Gasteiger partial charge in [0.15, 0.2) is 0 Å². The van der Waals surface area contributed by atoms with Gasteiger partial charge in [0.2, 0.25) is 0 Å². The molecule has 112 valence electrons. The summed E-state index contributed by atoms with van der Waals surface area (Å²) in [5, 5.41) is 0. The lowest BCUT2D eigenvalue weighted by Crippen LogP contribution is -2.52. The predicted molar refractivity (Wildman–Crippen MR) is 86.2 cm³/mol. The maximum absolute atomic E-state index is 4.93. The second-order valence-corrected chi connectivity index (χ2v) is 8.33. The van der Waals surface area contributed by atoms with E-state index >= 15 is 0 Å². The molecule has 0 N–H and O–H groups in total. The van der Waals surface area contributed by atoms with E-state index in [9.17, 15) is 0 Å². The molecule has 0 amide bonds. The van der Waals surface area contributed by atoms with E-state index in [1.165, 1.54) is 41.2 Å². The van der Waals surface area contributed by atoms with Gasteiger partial charge in [-0.2, -0.15) is 0 Å². The Balaban J connectivity index is 2.30. The van der Waals surface area contributed by atoms with Crippen LogP contribution in [-0.4, -0.2) is 23.0 Å². The number of rotatable bonds is 2. The van der Waals surface area contributed by atoms with Crippen LogP contribution < -0.4 is 0 Å². The molecular formula is C18H30N2. The number of aromatic nitrogens is 1. The first-order valence-electron chi connectivity index (χ1n) is 7.71. The number of likely N-dealkylation sites (tertiary alicyclic amines) is 1. The molecule has 2 nitrogen and oxygen atoms in total.